The number of halogens is 1. The van der Waals surface area contributed by atoms with Gasteiger partial charge in [0.1, 0.15) is 5.75 Å². The summed E-state index contributed by atoms with van der Waals surface area (Å²) in [6, 6.07) is 5.21. The van der Waals surface area contributed by atoms with Gasteiger partial charge in [0, 0.05) is 26.7 Å². The lowest BCUT2D eigenvalue weighted by Crippen LogP contribution is -2.28. The molecule has 0 aliphatic carbocycles. The molecule has 0 spiro atoms. The summed E-state index contributed by atoms with van der Waals surface area (Å²) in [5.74, 6) is 0.104. The Kier molecular flexibility index (Phi) is 5.02. The van der Waals surface area contributed by atoms with Crippen LogP contribution in [0, 0.1) is 0 Å². The number of hydrogen-bond acceptors (Lipinski definition) is 4. The molecule has 0 aromatic heterocycles. The average Bonchev–Trinajstić information content (AvgIpc) is 2.22. The van der Waals surface area contributed by atoms with Crippen molar-refractivity contribution >= 4 is 11.6 Å². The molecule has 1 rings (SSSR count). The Hall–Kier alpha value is -0.810. The summed E-state index contributed by atoms with van der Waals surface area (Å²) in [6.07, 6.45) is 0. The van der Waals surface area contributed by atoms with E-state index in [9.17, 15) is 5.11 Å². The second-order valence-electron chi connectivity index (χ2n) is 3.87. The standard InChI is InChI=1S/C11H17ClN2O2/c1-13(6-7-14(2)16)8-9-4-3-5-10(15)11(9)12/h3-5,15-16H,6-8H2,1-2H3. The molecule has 0 aliphatic rings. The van der Waals surface area contributed by atoms with E-state index in [4.69, 9.17) is 16.8 Å². The van der Waals surface area contributed by atoms with Crippen LogP contribution in [0.5, 0.6) is 5.75 Å². The fourth-order valence-corrected chi connectivity index (χ4v) is 1.56. The lowest BCUT2D eigenvalue weighted by atomic mass is 10.2. The van der Waals surface area contributed by atoms with Crippen molar-refractivity contribution in [3.8, 4) is 5.75 Å². The molecule has 5 heteroatoms. The molecule has 4 nitrogen and oxygen atoms in total. The summed E-state index contributed by atoms with van der Waals surface area (Å²) in [5, 5.41) is 20.0. The maximum Gasteiger partial charge on any atom is 0.134 e. The van der Waals surface area contributed by atoms with E-state index in [-0.39, 0.29) is 5.75 Å². The molecule has 0 saturated carbocycles. The fraction of sp³-hybridized carbons (Fsp3) is 0.455. The highest BCUT2D eigenvalue weighted by molar-refractivity contribution is 6.32. The van der Waals surface area contributed by atoms with Gasteiger partial charge in [-0.05, 0) is 18.7 Å². The van der Waals surface area contributed by atoms with Crippen molar-refractivity contribution in [1.82, 2.24) is 9.96 Å². The minimum atomic E-state index is 0.104. The second-order valence-corrected chi connectivity index (χ2v) is 4.25. The summed E-state index contributed by atoms with van der Waals surface area (Å²) in [4.78, 5) is 2.02. The first-order valence-corrected chi connectivity index (χ1v) is 5.43. The third kappa shape index (κ3) is 3.98. The number of likely N-dealkylation sites (N-methyl/N-ethyl adjacent to an activating group) is 2. The smallest absolute Gasteiger partial charge is 0.134 e. The number of nitrogens with zero attached hydrogens (tertiary/aromatic N) is 2. The van der Waals surface area contributed by atoms with Crippen LogP contribution in [0.25, 0.3) is 0 Å². The van der Waals surface area contributed by atoms with Gasteiger partial charge in [0.2, 0.25) is 0 Å². The molecular weight excluding hydrogens is 228 g/mol. The van der Waals surface area contributed by atoms with Crippen molar-refractivity contribution in [2.45, 2.75) is 6.54 Å². The normalized spacial score (nSPS) is 11.4. The van der Waals surface area contributed by atoms with Gasteiger partial charge < -0.3 is 15.2 Å². The maximum atomic E-state index is 9.43. The van der Waals surface area contributed by atoms with E-state index in [1.165, 1.54) is 0 Å². The van der Waals surface area contributed by atoms with Crippen LogP contribution in [0.4, 0.5) is 0 Å². The van der Waals surface area contributed by atoms with E-state index in [0.29, 0.717) is 18.1 Å². The minimum absolute atomic E-state index is 0.104. The zero-order chi connectivity index (χ0) is 12.1. The predicted molar refractivity (Wildman–Crippen MR) is 63.9 cm³/mol. The number of aromatic hydroxyl groups is 1. The molecule has 0 unspecified atom stereocenters. The molecule has 0 amide bonds. The molecule has 0 fully saturated rings. The van der Waals surface area contributed by atoms with Crippen molar-refractivity contribution in [2.24, 2.45) is 0 Å². The summed E-state index contributed by atoms with van der Waals surface area (Å²) in [5.41, 5.74) is 0.879. The van der Waals surface area contributed by atoms with Crippen LogP contribution in [-0.4, -0.2) is 47.5 Å². The molecule has 0 atom stereocenters. The van der Waals surface area contributed by atoms with Crippen LogP contribution in [0.1, 0.15) is 5.56 Å². The molecule has 0 bridgehead atoms. The van der Waals surface area contributed by atoms with Gasteiger partial charge >= 0.3 is 0 Å². The average molecular weight is 245 g/mol. The third-order valence-electron chi connectivity index (χ3n) is 2.30. The first-order chi connectivity index (χ1) is 7.50. The Balaban J connectivity index is 2.56. The molecule has 0 saturated heterocycles. The molecule has 2 N–H and O–H groups in total. The lowest BCUT2D eigenvalue weighted by molar-refractivity contribution is -0.0686. The highest BCUT2D eigenvalue weighted by Gasteiger charge is 2.07. The molecule has 16 heavy (non-hydrogen) atoms. The zero-order valence-corrected chi connectivity index (χ0v) is 10.3. The Morgan fingerprint density at radius 3 is 2.56 bits per heavy atom. The van der Waals surface area contributed by atoms with Crippen molar-refractivity contribution in [1.29, 1.82) is 0 Å². The van der Waals surface area contributed by atoms with Crippen LogP contribution >= 0.6 is 11.6 Å². The number of rotatable bonds is 5. The Morgan fingerprint density at radius 2 is 1.94 bits per heavy atom. The second kappa shape index (κ2) is 6.06. The molecule has 1 aromatic carbocycles. The minimum Gasteiger partial charge on any atom is -0.506 e. The van der Waals surface area contributed by atoms with Crippen LogP contribution in [0.3, 0.4) is 0 Å². The Morgan fingerprint density at radius 1 is 1.25 bits per heavy atom. The third-order valence-corrected chi connectivity index (χ3v) is 2.74. The van der Waals surface area contributed by atoms with Gasteiger partial charge in [-0.15, -0.1) is 0 Å². The molecule has 0 aliphatic heterocycles. The summed E-state index contributed by atoms with van der Waals surface area (Å²) >= 11 is 5.96. The van der Waals surface area contributed by atoms with Gasteiger partial charge in [0.25, 0.3) is 0 Å². The predicted octanol–water partition coefficient (Wildman–Crippen LogP) is 1.80. The van der Waals surface area contributed by atoms with Gasteiger partial charge in [-0.1, -0.05) is 23.7 Å². The van der Waals surface area contributed by atoms with Crippen molar-refractivity contribution in [2.75, 3.05) is 27.2 Å². The van der Waals surface area contributed by atoms with Gasteiger partial charge in [-0.3, -0.25) is 0 Å². The van der Waals surface area contributed by atoms with Crippen LogP contribution in [0.15, 0.2) is 18.2 Å². The summed E-state index contributed by atoms with van der Waals surface area (Å²) in [7, 11) is 3.54. The first kappa shape index (κ1) is 13.3. The number of phenolic OH excluding ortho intramolecular Hbond substituents is 1. The highest BCUT2D eigenvalue weighted by atomic mass is 35.5. The van der Waals surface area contributed by atoms with Crippen LogP contribution < -0.4 is 0 Å². The van der Waals surface area contributed by atoms with Gasteiger partial charge in [-0.2, -0.15) is 5.06 Å². The van der Waals surface area contributed by atoms with Gasteiger partial charge in [-0.25, -0.2) is 0 Å². The number of hydrogen-bond donors (Lipinski definition) is 2. The molecular formula is C11H17ClN2O2. The monoisotopic (exact) mass is 244 g/mol. The fourth-order valence-electron chi connectivity index (χ4n) is 1.37. The highest BCUT2D eigenvalue weighted by Crippen LogP contribution is 2.27. The SMILES string of the molecule is CN(O)CCN(C)Cc1cccc(O)c1Cl. The maximum absolute atomic E-state index is 9.43. The van der Waals surface area contributed by atoms with Crippen molar-refractivity contribution < 1.29 is 10.3 Å². The van der Waals surface area contributed by atoms with E-state index < -0.39 is 0 Å². The van der Waals surface area contributed by atoms with E-state index >= 15 is 0 Å². The zero-order valence-electron chi connectivity index (χ0n) is 9.52. The molecule has 0 radical (unpaired) electrons. The van der Waals surface area contributed by atoms with E-state index in [1.54, 1.807) is 19.2 Å². The lowest BCUT2D eigenvalue weighted by Gasteiger charge is -2.19. The number of phenols is 1. The van der Waals surface area contributed by atoms with Crippen LogP contribution in [-0.2, 0) is 6.54 Å². The first-order valence-electron chi connectivity index (χ1n) is 5.05. The molecule has 1 aromatic rings. The Labute approximate surface area is 101 Å². The quantitative estimate of drug-likeness (QED) is 0.776. The summed E-state index contributed by atoms with van der Waals surface area (Å²) in [6.45, 7) is 1.92. The van der Waals surface area contributed by atoms with E-state index in [2.05, 4.69) is 0 Å². The Bertz CT molecular complexity index is 345. The molecule has 90 valence electrons. The number of benzene rings is 1. The number of hydroxylamine groups is 2. The van der Waals surface area contributed by atoms with Crippen LogP contribution in [0.2, 0.25) is 5.02 Å². The van der Waals surface area contributed by atoms with Gasteiger partial charge in [0.15, 0.2) is 0 Å². The van der Waals surface area contributed by atoms with E-state index in [0.717, 1.165) is 17.2 Å². The summed E-state index contributed by atoms with van der Waals surface area (Å²) < 4.78 is 0. The topological polar surface area (TPSA) is 46.9 Å². The van der Waals surface area contributed by atoms with Crippen molar-refractivity contribution in [3.63, 3.8) is 0 Å². The van der Waals surface area contributed by atoms with Gasteiger partial charge in [0.05, 0.1) is 5.02 Å². The van der Waals surface area contributed by atoms with E-state index in [1.807, 2.05) is 18.0 Å². The molecule has 0 heterocycles. The largest absolute Gasteiger partial charge is 0.506 e. The van der Waals surface area contributed by atoms with Crippen molar-refractivity contribution in [3.05, 3.63) is 28.8 Å².